The Morgan fingerprint density at radius 2 is 1.24 bits per heavy atom. The zero-order chi connectivity index (χ0) is 73.8. The first-order chi connectivity index (χ1) is 49.5. The number of primary amides is 1. The van der Waals surface area contributed by atoms with Crippen LogP contribution in [0.25, 0.3) is 22.0 Å². The first-order valence-corrected chi connectivity index (χ1v) is 35.0. The van der Waals surface area contributed by atoms with E-state index >= 15 is 0 Å². The summed E-state index contributed by atoms with van der Waals surface area (Å²) < 4.78 is 20.6. The molecule has 2 fully saturated rings. The molecule has 0 unspecified atom stereocenters. The van der Waals surface area contributed by atoms with Gasteiger partial charge in [0, 0.05) is 126 Å². The highest BCUT2D eigenvalue weighted by atomic mass is 19.1. The minimum Gasteiger partial charge on any atom is -0.491 e. The van der Waals surface area contributed by atoms with Crippen molar-refractivity contribution in [1.82, 2.24) is 61.4 Å². The van der Waals surface area contributed by atoms with E-state index in [0.717, 1.165) is 27.6 Å². The zero-order valence-corrected chi connectivity index (χ0v) is 58.5. The summed E-state index contributed by atoms with van der Waals surface area (Å²) in [4.78, 5) is 143. The van der Waals surface area contributed by atoms with E-state index in [0.29, 0.717) is 78.9 Å². The zero-order valence-electron chi connectivity index (χ0n) is 58.5. The summed E-state index contributed by atoms with van der Waals surface area (Å²) in [6, 6.07) is 32.3. The summed E-state index contributed by atoms with van der Waals surface area (Å²) in [5.41, 5.74) is 10.4. The number of aromatic amines is 1. The number of nitrogens with zero attached hydrogens (tertiary/aromatic N) is 5. The van der Waals surface area contributed by atoms with Crippen LogP contribution in [-0.4, -0.2) is 240 Å². The fraction of sp³-hybridized carbons (Fsp3) is 0.440. The second-order valence-corrected chi connectivity index (χ2v) is 26.2. The van der Waals surface area contributed by atoms with Crippen molar-refractivity contribution in [2.45, 2.75) is 95.8 Å². The molecular formula is C75H96FN13O14. The van der Waals surface area contributed by atoms with E-state index in [1.807, 2.05) is 90.7 Å². The van der Waals surface area contributed by atoms with Crippen molar-refractivity contribution in [2.24, 2.45) is 5.73 Å². The molecule has 2 saturated heterocycles. The largest absolute Gasteiger partial charge is 0.491 e. The number of amides is 7. The third-order valence-electron chi connectivity index (χ3n) is 18.6. The first-order valence-electron chi connectivity index (χ1n) is 35.0. The molecule has 6 aromatic rings. The van der Waals surface area contributed by atoms with Crippen molar-refractivity contribution in [3.63, 3.8) is 0 Å². The number of hydrogen-bond donors (Lipinski definition) is 11. The van der Waals surface area contributed by atoms with Crippen LogP contribution in [0.1, 0.15) is 83.6 Å². The lowest BCUT2D eigenvalue weighted by molar-refractivity contribution is -0.140. The van der Waals surface area contributed by atoms with Gasteiger partial charge in [-0.3, -0.25) is 67.5 Å². The van der Waals surface area contributed by atoms with Gasteiger partial charge in [-0.2, -0.15) is 0 Å². The highest BCUT2D eigenvalue weighted by molar-refractivity contribution is 6.02. The highest BCUT2D eigenvalue weighted by Crippen LogP contribution is 2.33. The lowest BCUT2D eigenvalue weighted by Gasteiger charge is -2.41. The second-order valence-electron chi connectivity index (χ2n) is 26.2. The number of aliphatic carboxylic acids is 3. The van der Waals surface area contributed by atoms with E-state index in [4.69, 9.17) is 10.5 Å². The van der Waals surface area contributed by atoms with Crippen LogP contribution in [-0.2, 0) is 69.0 Å². The van der Waals surface area contributed by atoms with Gasteiger partial charge >= 0.3 is 17.9 Å². The van der Waals surface area contributed by atoms with Crippen LogP contribution >= 0.6 is 0 Å². The Bertz CT molecular complexity index is 3870. The number of hydrogen-bond acceptors (Lipinski definition) is 16. The summed E-state index contributed by atoms with van der Waals surface area (Å²) >= 11 is 0. The van der Waals surface area contributed by atoms with Gasteiger partial charge in [-0.15, -0.1) is 0 Å². The molecule has 0 saturated carbocycles. The molecule has 27 nitrogen and oxygen atoms in total. The summed E-state index contributed by atoms with van der Waals surface area (Å²) in [6.07, 6.45) is 4.20. The second kappa shape index (κ2) is 39.3. The normalized spacial score (nSPS) is 15.5. The fourth-order valence-corrected chi connectivity index (χ4v) is 12.8. The Labute approximate surface area is 598 Å². The molecule has 2 atom stereocenters. The van der Waals surface area contributed by atoms with Gasteiger partial charge in [0.25, 0.3) is 5.91 Å². The standard InChI is InChI=1S/C75H96FN13O14/c1-3-54-42-55(23-24-59(54)72(100)84-75(74(102)83-62(71(77)99)43-56-45-81-61-18-11-9-16-57(56)61)25-29-89(30-26-75)67(92)46-78-44-53-22-21-51(2)60(76)40-53)58-17-10-12-19-64(58)103-39-28-80-73(101)63(41-52-14-6-4-7-15-52)82-65(90)20-8-5-13-27-79-66(91)47-85-31-33-86(48-68(93)94)35-37-88(50-70(97)98)38-36-87(34-32-85)49-69(95)96/h4,6-7,9-12,14-19,21-24,40,42,45,62-63,78,81H,3,5,8,13,20,25-39,41,43-44,46-50H2,1-2H3,(H2,77,99)(H,79,91)(H,80,101)(H,82,90)(H,83,102)(H,84,100)(H,93,94)(H,95,96)(H,97,98)/t62-,63-/m0/s1. The molecule has 0 bridgehead atoms. The van der Waals surface area contributed by atoms with Crippen molar-refractivity contribution < 1.29 is 72.4 Å². The smallest absolute Gasteiger partial charge is 0.317 e. The Kier molecular flexibility index (Phi) is 30.0. The van der Waals surface area contributed by atoms with Crippen molar-refractivity contribution in [3.8, 4) is 16.9 Å². The van der Waals surface area contributed by atoms with Crippen LogP contribution < -0.4 is 42.4 Å². The number of halogens is 1. The van der Waals surface area contributed by atoms with E-state index in [2.05, 4.69) is 36.9 Å². The molecule has 103 heavy (non-hydrogen) atoms. The first kappa shape index (κ1) is 78.6. The van der Waals surface area contributed by atoms with Gasteiger partial charge in [0.15, 0.2) is 0 Å². The summed E-state index contributed by atoms with van der Waals surface area (Å²) in [7, 11) is 0. The number of piperidine rings is 1. The summed E-state index contributed by atoms with van der Waals surface area (Å²) in [5, 5.41) is 47.2. The number of unbranched alkanes of at least 4 members (excludes halogenated alkanes) is 2. The SMILES string of the molecule is CCc1cc(-c2ccccc2OCCNC(=O)[C@H](Cc2ccccc2)NC(=O)CCCCCNC(=O)CN2CCN(CC(=O)O)CCN(CC(=O)O)CCN(CC(=O)O)CC2)ccc1C(=O)NC1(C(=O)N[C@@H](Cc2c[nH]c3ccccc23)C(N)=O)CCN(C(=O)CNCc2ccc(C)c(F)c2)CC1. The van der Waals surface area contributed by atoms with Crippen LogP contribution in [0.2, 0.25) is 0 Å². The van der Waals surface area contributed by atoms with Crippen molar-refractivity contribution >= 4 is 70.2 Å². The number of benzene rings is 5. The number of carboxylic acids is 3. The van der Waals surface area contributed by atoms with Crippen molar-refractivity contribution in [2.75, 3.05) is 118 Å². The van der Waals surface area contributed by atoms with E-state index < -0.39 is 59.2 Å². The predicted octanol–water partition coefficient (Wildman–Crippen LogP) is 3.31. The van der Waals surface area contributed by atoms with Gasteiger partial charge in [0.2, 0.25) is 35.4 Å². The van der Waals surface area contributed by atoms with Gasteiger partial charge in [-0.25, -0.2) is 4.39 Å². The van der Waals surface area contributed by atoms with Gasteiger partial charge in [0.05, 0.1) is 39.3 Å². The number of nitrogens with one attached hydrogen (secondary N) is 7. The quantitative estimate of drug-likeness (QED) is 0.0254. The van der Waals surface area contributed by atoms with Crippen LogP contribution in [0.3, 0.4) is 0 Å². The summed E-state index contributed by atoms with van der Waals surface area (Å²) in [5.74, 6) is -6.22. The molecule has 2 aliphatic rings. The maximum Gasteiger partial charge on any atom is 0.317 e. The number of fused-ring (bicyclic) bond motifs is 1. The van der Waals surface area contributed by atoms with E-state index in [1.54, 1.807) is 63.1 Å². The number of carbonyl (C=O) groups is 10. The van der Waals surface area contributed by atoms with Crippen LogP contribution in [0, 0.1) is 12.7 Å². The Hall–Kier alpha value is -10.1. The lowest BCUT2D eigenvalue weighted by atomic mass is 9.85. The maximum atomic E-state index is 14.8. The summed E-state index contributed by atoms with van der Waals surface area (Å²) in [6.45, 7) is 5.70. The van der Waals surface area contributed by atoms with Crippen molar-refractivity contribution in [1.29, 1.82) is 0 Å². The number of ether oxygens (including phenoxy) is 1. The van der Waals surface area contributed by atoms with E-state index in [9.17, 15) is 67.7 Å². The molecule has 0 aliphatic carbocycles. The van der Waals surface area contributed by atoms with Crippen LogP contribution in [0.5, 0.6) is 5.75 Å². The number of aryl methyl sites for hydroxylation is 2. The average Bonchev–Trinajstić information content (AvgIpc) is 0.920. The number of aromatic nitrogens is 1. The monoisotopic (exact) mass is 1420 g/mol. The number of carbonyl (C=O) groups excluding carboxylic acids is 7. The Morgan fingerprint density at radius 3 is 1.87 bits per heavy atom. The molecule has 3 heterocycles. The minimum absolute atomic E-state index is 0.00777. The maximum absolute atomic E-state index is 14.8. The molecule has 5 aromatic carbocycles. The average molecular weight is 1420 g/mol. The third kappa shape index (κ3) is 24.5. The molecule has 2 aliphatic heterocycles. The molecule has 8 rings (SSSR count). The number of rotatable bonds is 35. The molecule has 0 radical (unpaired) electrons. The highest BCUT2D eigenvalue weighted by Gasteiger charge is 2.45. The molecule has 12 N–H and O–H groups in total. The van der Waals surface area contributed by atoms with Gasteiger partial charge < -0.3 is 67.6 Å². The fourth-order valence-electron chi connectivity index (χ4n) is 12.8. The number of carboxylic acid groups (broad SMARTS) is 3. The molecular weight excluding hydrogens is 1330 g/mol. The Morgan fingerprint density at radius 1 is 0.621 bits per heavy atom. The van der Waals surface area contributed by atoms with E-state index in [1.165, 1.54) is 6.07 Å². The topological polar surface area (TPSA) is 371 Å². The Balaban J connectivity index is 0.839. The molecule has 28 heteroatoms. The molecule has 0 spiro atoms. The predicted molar refractivity (Wildman–Crippen MR) is 384 cm³/mol. The van der Waals surface area contributed by atoms with Gasteiger partial charge in [0.1, 0.15) is 35.8 Å². The van der Waals surface area contributed by atoms with Crippen LogP contribution in [0.4, 0.5) is 4.39 Å². The number of likely N-dealkylation sites (tertiary alicyclic amines) is 1. The molecule has 1 aromatic heterocycles. The number of H-pyrrole nitrogens is 1. The third-order valence-corrected chi connectivity index (χ3v) is 18.6. The van der Waals surface area contributed by atoms with Gasteiger partial charge in [-0.05, 0) is 96.7 Å². The van der Waals surface area contributed by atoms with Gasteiger partial charge in [-0.1, -0.05) is 104 Å². The number of nitrogens with two attached hydrogens (primary N) is 1. The number of para-hydroxylation sites is 2. The van der Waals surface area contributed by atoms with E-state index in [-0.39, 0.29) is 160 Å². The lowest BCUT2D eigenvalue weighted by Crippen LogP contribution is -2.66. The van der Waals surface area contributed by atoms with Crippen LogP contribution in [0.15, 0.2) is 121 Å². The molecule has 7 amide bonds. The van der Waals surface area contributed by atoms with Crippen molar-refractivity contribution in [3.05, 3.63) is 161 Å². The molecule has 552 valence electrons. The minimum atomic E-state index is -1.58.